The molecule has 1 unspecified atom stereocenters. The van der Waals surface area contributed by atoms with E-state index < -0.39 is 0 Å². The standard InChI is InChI=1S/C11H15BrN4S/c1-8(17-2)5-6-13-11-14-10-9(12)4-3-7-16(10)15-11/h3-4,7-8H,5-6H2,1-2H3,(H,13,15). The smallest absolute Gasteiger partial charge is 0.243 e. The van der Waals surface area contributed by atoms with Crippen LogP contribution in [0.2, 0.25) is 0 Å². The first-order valence-corrected chi connectivity index (χ1v) is 7.56. The fourth-order valence-electron chi connectivity index (χ4n) is 1.45. The summed E-state index contributed by atoms with van der Waals surface area (Å²) in [6.45, 7) is 3.12. The van der Waals surface area contributed by atoms with Gasteiger partial charge in [-0.15, -0.1) is 5.10 Å². The molecular weight excluding hydrogens is 300 g/mol. The number of fused-ring (bicyclic) bond motifs is 1. The van der Waals surface area contributed by atoms with Crippen LogP contribution < -0.4 is 5.32 Å². The molecule has 17 heavy (non-hydrogen) atoms. The molecule has 2 aromatic rings. The van der Waals surface area contributed by atoms with Gasteiger partial charge in [0.1, 0.15) is 0 Å². The normalized spacial score (nSPS) is 12.9. The van der Waals surface area contributed by atoms with Crippen LogP contribution >= 0.6 is 27.7 Å². The van der Waals surface area contributed by atoms with Crippen molar-refractivity contribution in [2.75, 3.05) is 18.1 Å². The summed E-state index contributed by atoms with van der Waals surface area (Å²) in [5.41, 5.74) is 0.841. The third-order valence-corrected chi connectivity index (χ3v) is 4.21. The molecule has 4 nitrogen and oxygen atoms in total. The number of hydrogen-bond donors (Lipinski definition) is 1. The van der Waals surface area contributed by atoms with Gasteiger partial charge in [-0.3, -0.25) is 0 Å². The molecule has 92 valence electrons. The molecule has 0 amide bonds. The van der Waals surface area contributed by atoms with E-state index in [2.05, 4.69) is 44.5 Å². The van der Waals surface area contributed by atoms with E-state index in [9.17, 15) is 0 Å². The number of aromatic nitrogens is 3. The van der Waals surface area contributed by atoms with Gasteiger partial charge in [0.2, 0.25) is 5.95 Å². The highest BCUT2D eigenvalue weighted by Gasteiger charge is 2.06. The molecule has 0 saturated heterocycles. The molecule has 0 aliphatic carbocycles. The molecule has 0 spiro atoms. The molecule has 0 radical (unpaired) electrons. The number of halogens is 1. The highest BCUT2D eigenvalue weighted by molar-refractivity contribution is 9.10. The number of anilines is 1. The van der Waals surface area contributed by atoms with Gasteiger partial charge in [-0.2, -0.15) is 16.7 Å². The van der Waals surface area contributed by atoms with E-state index in [1.165, 1.54) is 0 Å². The molecule has 6 heteroatoms. The van der Waals surface area contributed by atoms with Gasteiger partial charge in [-0.1, -0.05) is 6.92 Å². The van der Waals surface area contributed by atoms with Crippen molar-refractivity contribution in [3.8, 4) is 0 Å². The number of nitrogens with one attached hydrogen (secondary N) is 1. The number of hydrogen-bond acceptors (Lipinski definition) is 4. The van der Waals surface area contributed by atoms with Crippen LogP contribution in [0.5, 0.6) is 0 Å². The Kier molecular flexibility index (Phi) is 4.28. The topological polar surface area (TPSA) is 42.2 Å². The summed E-state index contributed by atoms with van der Waals surface area (Å²) < 4.78 is 2.72. The summed E-state index contributed by atoms with van der Waals surface area (Å²) in [7, 11) is 0. The van der Waals surface area contributed by atoms with Crippen molar-refractivity contribution in [1.29, 1.82) is 0 Å². The predicted octanol–water partition coefficient (Wildman–Crippen LogP) is 3.05. The Hall–Kier alpha value is -0.750. The Balaban J connectivity index is 2.02. The van der Waals surface area contributed by atoms with Gasteiger partial charge in [-0.25, -0.2) is 4.52 Å². The number of nitrogens with zero attached hydrogens (tertiary/aromatic N) is 3. The fourth-order valence-corrected chi connectivity index (χ4v) is 2.23. The molecule has 2 heterocycles. The van der Waals surface area contributed by atoms with Crippen molar-refractivity contribution in [3.63, 3.8) is 0 Å². The van der Waals surface area contributed by atoms with E-state index >= 15 is 0 Å². The molecular formula is C11H15BrN4S. The summed E-state index contributed by atoms with van der Waals surface area (Å²) >= 11 is 5.33. The van der Waals surface area contributed by atoms with Crippen molar-refractivity contribution in [2.45, 2.75) is 18.6 Å². The maximum atomic E-state index is 4.42. The van der Waals surface area contributed by atoms with Crippen LogP contribution in [0.3, 0.4) is 0 Å². The van der Waals surface area contributed by atoms with E-state index in [4.69, 9.17) is 0 Å². The van der Waals surface area contributed by atoms with Gasteiger partial charge in [0, 0.05) is 18.0 Å². The van der Waals surface area contributed by atoms with Crippen LogP contribution in [-0.4, -0.2) is 32.6 Å². The highest BCUT2D eigenvalue weighted by atomic mass is 79.9. The summed E-state index contributed by atoms with van der Waals surface area (Å²) in [5, 5.41) is 8.26. The zero-order chi connectivity index (χ0) is 12.3. The Morgan fingerprint density at radius 1 is 1.59 bits per heavy atom. The third kappa shape index (κ3) is 3.13. The van der Waals surface area contributed by atoms with E-state index in [0.717, 1.165) is 23.1 Å². The largest absolute Gasteiger partial charge is 0.353 e. The van der Waals surface area contributed by atoms with Crippen molar-refractivity contribution >= 4 is 39.3 Å². The molecule has 1 atom stereocenters. The van der Waals surface area contributed by atoms with Gasteiger partial charge in [0.05, 0.1) is 4.47 Å². The maximum Gasteiger partial charge on any atom is 0.243 e. The van der Waals surface area contributed by atoms with E-state index in [1.807, 2.05) is 30.1 Å². The van der Waals surface area contributed by atoms with Gasteiger partial charge in [0.15, 0.2) is 5.65 Å². The monoisotopic (exact) mass is 314 g/mol. The average molecular weight is 315 g/mol. The fraction of sp³-hybridized carbons (Fsp3) is 0.455. The van der Waals surface area contributed by atoms with Gasteiger partial charge < -0.3 is 5.32 Å². The zero-order valence-corrected chi connectivity index (χ0v) is 12.3. The second-order valence-electron chi connectivity index (χ2n) is 3.82. The van der Waals surface area contributed by atoms with Gasteiger partial charge >= 0.3 is 0 Å². The first-order valence-electron chi connectivity index (χ1n) is 5.48. The van der Waals surface area contributed by atoms with Crippen molar-refractivity contribution in [2.24, 2.45) is 0 Å². The van der Waals surface area contributed by atoms with Crippen LogP contribution in [0.25, 0.3) is 5.65 Å². The maximum absolute atomic E-state index is 4.42. The Morgan fingerprint density at radius 3 is 3.12 bits per heavy atom. The molecule has 0 fully saturated rings. The first-order chi connectivity index (χ1) is 8.20. The lowest BCUT2D eigenvalue weighted by Crippen LogP contribution is -2.08. The van der Waals surface area contributed by atoms with E-state index in [0.29, 0.717) is 11.2 Å². The van der Waals surface area contributed by atoms with Crippen LogP contribution in [0.15, 0.2) is 22.8 Å². The van der Waals surface area contributed by atoms with E-state index in [-0.39, 0.29) is 0 Å². The number of rotatable bonds is 5. The lowest BCUT2D eigenvalue weighted by molar-refractivity contribution is 0.841. The average Bonchev–Trinajstić information content (AvgIpc) is 2.73. The highest BCUT2D eigenvalue weighted by Crippen LogP contribution is 2.17. The summed E-state index contributed by atoms with van der Waals surface area (Å²) in [4.78, 5) is 4.42. The Labute approximate surface area is 113 Å². The van der Waals surface area contributed by atoms with Crippen LogP contribution in [0.1, 0.15) is 13.3 Å². The van der Waals surface area contributed by atoms with Gasteiger partial charge in [0.25, 0.3) is 0 Å². The predicted molar refractivity (Wildman–Crippen MR) is 76.8 cm³/mol. The first kappa shape index (κ1) is 12.7. The summed E-state index contributed by atoms with van der Waals surface area (Å²) in [6, 6.07) is 3.90. The molecule has 2 rings (SSSR count). The second-order valence-corrected chi connectivity index (χ2v) is 5.95. The van der Waals surface area contributed by atoms with Crippen LogP contribution in [0, 0.1) is 0 Å². The lowest BCUT2D eigenvalue weighted by atomic mass is 10.3. The SMILES string of the molecule is CSC(C)CCNc1nc2c(Br)cccn2n1. The summed E-state index contributed by atoms with van der Waals surface area (Å²) in [6.07, 6.45) is 5.13. The minimum atomic E-state index is 0.659. The molecule has 0 saturated carbocycles. The van der Waals surface area contributed by atoms with Gasteiger partial charge in [-0.05, 0) is 40.7 Å². The summed E-state index contributed by atoms with van der Waals surface area (Å²) in [5.74, 6) is 0.685. The lowest BCUT2D eigenvalue weighted by Gasteiger charge is -2.07. The van der Waals surface area contributed by atoms with Crippen molar-refractivity contribution in [1.82, 2.24) is 14.6 Å². The minimum absolute atomic E-state index is 0.659. The molecule has 2 aromatic heterocycles. The molecule has 1 N–H and O–H groups in total. The zero-order valence-electron chi connectivity index (χ0n) is 9.85. The van der Waals surface area contributed by atoms with Crippen molar-refractivity contribution < 1.29 is 0 Å². The second kappa shape index (κ2) is 5.73. The Morgan fingerprint density at radius 2 is 2.41 bits per heavy atom. The van der Waals surface area contributed by atoms with Crippen LogP contribution in [-0.2, 0) is 0 Å². The minimum Gasteiger partial charge on any atom is -0.353 e. The third-order valence-electron chi connectivity index (χ3n) is 2.55. The number of pyridine rings is 1. The van der Waals surface area contributed by atoms with Crippen LogP contribution in [0.4, 0.5) is 5.95 Å². The van der Waals surface area contributed by atoms with Crippen molar-refractivity contribution in [3.05, 3.63) is 22.8 Å². The molecule has 0 aliphatic rings. The number of thioether (sulfide) groups is 1. The molecule has 0 aliphatic heterocycles. The quantitative estimate of drug-likeness (QED) is 0.921. The molecule has 0 bridgehead atoms. The Bertz CT molecular complexity index is 499. The van der Waals surface area contributed by atoms with E-state index in [1.54, 1.807) is 4.52 Å². The molecule has 0 aromatic carbocycles.